The van der Waals surface area contributed by atoms with Gasteiger partial charge in [0.2, 0.25) is 0 Å². The molecule has 0 saturated heterocycles. The molecule has 0 radical (unpaired) electrons. The number of hydrogen-bond acceptors (Lipinski definition) is 2. The van der Waals surface area contributed by atoms with Crippen molar-refractivity contribution in [3.8, 4) is 0 Å². The van der Waals surface area contributed by atoms with E-state index in [9.17, 15) is 4.79 Å². The highest BCUT2D eigenvalue weighted by Gasteiger charge is 2.10. The largest absolute Gasteiger partial charge is 0.289 e. The van der Waals surface area contributed by atoms with E-state index in [1.165, 1.54) is 0 Å². The lowest BCUT2D eigenvalue weighted by molar-refractivity contribution is 0.103. The Balaban J connectivity index is 2.41. The van der Waals surface area contributed by atoms with E-state index in [2.05, 4.69) is 4.98 Å². The number of nitrogens with zero attached hydrogens (tertiary/aromatic N) is 1. The highest BCUT2D eigenvalue weighted by Crippen LogP contribution is 2.15. The molecule has 1 aromatic heterocycles. The molecule has 0 atom stereocenters. The third-order valence-corrected chi connectivity index (χ3v) is 2.70. The third kappa shape index (κ3) is 2.71. The third-order valence-electron chi connectivity index (χ3n) is 2.51. The fourth-order valence-electron chi connectivity index (χ4n) is 1.62. The van der Waals surface area contributed by atoms with Crippen LogP contribution in [0, 0.1) is 0 Å². The summed E-state index contributed by atoms with van der Waals surface area (Å²) >= 11 is 5.90. The maximum Gasteiger partial charge on any atom is 0.193 e. The number of pyridine rings is 1. The summed E-state index contributed by atoms with van der Waals surface area (Å²) < 4.78 is 0. The molecule has 2 rings (SSSR count). The number of aromatic nitrogens is 1. The van der Waals surface area contributed by atoms with Crippen LogP contribution in [0.4, 0.5) is 0 Å². The lowest BCUT2D eigenvalue weighted by Crippen LogP contribution is -2.03. The number of benzene rings is 1. The highest BCUT2D eigenvalue weighted by molar-refractivity contribution is 6.30. The van der Waals surface area contributed by atoms with Crippen LogP contribution in [0.2, 0.25) is 5.15 Å². The van der Waals surface area contributed by atoms with Gasteiger partial charge in [-0.3, -0.25) is 4.79 Å². The average molecular weight is 246 g/mol. The first kappa shape index (κ1) is 11.8. The number of halogens is 1. The standard InChI is InChI=1S/C14H12ClNO/c1-2-12-8-11(9-13(15)16-12)14(17)10-6-4-3-5-7-10/h3-9H,2H2,1H3. The molecule has 0 bridgehead atoms. The molecule has 2 aromatic rings. The summed E-state index contributed by atoms with van der Waals surface area (Å²) in [6.07, 6.45) is 0.760. The van der Waals surface area contributed by atoms with Crippen LogP contribution in [0.3, 0.4) is 0 Å². The molecule has 0 aliphatic carbocycles. The van der Waals surface area contributed by atoms with Crippen LogP contribution in [0.1, 0.15) is 28.5 Å². The topological polar surface area (TPSA) is 30.0 Å². The predicted molar refractivity (Wildman–Crippen MR) is 68.5 cm³/mol. The van der Waals surface area contributed by atoms with Crippen molar-refractivity contribution in [2.45, 2.75) is 13.3 Å². The summed E-state index contributed by atoms with van der Waals surface area (Å²) in [5.74, 6) is -0.0235. The van der Waals surface area contributed by atoms with Gasteiger partial charge in [0, 0.05) is 16.8 Å². The molecule has 0 unspecified atom stereocenters. The molecule has 1 aromatic carbocycles. The van der Waals surface area contributed by atoms with Gasteiger partial charge in [0.1, 0.15) is 5.15 Å². The van der Waals surface area contributed by atoms with Crippen molar-refractivity contribution in [2.75, 3.05) is 0 Å². The average Bonchev–Trinajstić information content (AvgIpc) is 2.38. The van der Waals surface area contributed by atoms with Gasteiger partial charge in [0.15, 0.2) is 5.78 Å². The molecule has 0 aliphatic rings. The molecular formula is C14H12ClNO. The molecule has 0 fully saturated rings. The second kappa shape index (κ2) is 5.11. The van der Waals surface area contributed by atoms with Gasteiger partial charge in [-0.15, -0.1) is 0 Å². The van der Waals surface area contributed by atoms with Crippen molar-refractivity contribution in [3.63, 3.8) is 0 Å². The first-order valence-electron chi connectivity index (χ1n) is 5.47. The number of hydrogen-bond donors (Lipinski definition) is 0. The zero-order valence-corrected chi connectivity index (χ0v) is 10.2. The summed E-state index contributed by atoms with van der Waals surface area (Å²) in [4.78, 5) is 16.3. The van der Waals surface area contributed by atoms with Gasteiger partial charge in [-0.05, 0) is 18.6 Å². The van der Waals surface area contributed by atoms with E-state index >= 15 is 0 Å². The Labute approximate surface area is 105 Å². The summed E-state index contributed by atoms with van der Waals surface area (Å²) in [5, 5.41) is 0.364. The van der Waals surface area contributed by atoms with Crippen molar-refractivity contribution in [3.05, 3.63) is 64.4 Å². The molecule has 17 heavy (non-hydrogen) atoms. The van der Waals surface area contributed by atoms with E-state index < -0.39 is 0 Å². The second-order valence-electron chi connectivity index (χ2n) is 3.72. The first-order valence-corrected chi connectivity index (χ1v) is 5.84. The minimum Gasteiger partial charge on any atom is -0.289 e. The molecule has 2 nitrogen and oxygen atoms in total. The van der Waals surface area contributed by atoms with Gasteiger partial charge in [0.25, 0.3) is 0 Å². The molecule has 0 N–H and O–H groups in total. The van der Waals surface area contributed by atoms with Crippen LogP contribution in [-0.2, 0) is 6.42 Å². The van der Waals surface area contributed by atoms with E-state index in [0.717, 1.165) is 12.1 Å². The van der Waals surface area contributed by atoms with Gasteiger partial charge in [-0.2, -0.15) is 0 Å². The SMILES string of the molecule is CCc1cc(C(=O)c2ccccc2)cc(Cl)n1. The minimum absolute atomic E-state index is 0.0235. The molecule has 0 spiro atoms. The van der Waals surface area contributed by atoms with Crippen LogP contribution in [-0.4, -0.2) is 10.8 Å². The fourth-order valence-corrected chi connectivity index (χ4v) is 1.85. The first-order chi connectivity index (χ1) is 8.20. The molecule has 0 amide bonds. The number of ketones is 1. The Bertz CT molecular complexity index is 537. The van der Waals surface area contributed by atoms with E-state index in [1.54, 1.807) is 24.3 Å². The quantitative estimate of drug-likeness (QED) is 0.612. The monoisotopic (exact) mass is 245 g/mol. The van der Waals surface area contributed by atoms with Crippen LogP contribution < -0.4 is 0 Å². The van der Waals surface area contributed by atoms with Crippen LogP contribution in [0.5, 0.6) is 0 Å². The lowest BCUT2D eigenvalue weighted by Gasteiger charge is -2.04. The zero-order chi connectivity index (χ0) is 12.3. The maximum atomic E-state index is 12.2. The van der Waals surface area contributed by atoms with Gasteiger partial charge in [-0.25, -0.2) is 4.98 Å². The van der Waals surface area contributed by atoms with Gasteiger partial charge < -0.3 is 0 Å². The molecule has 3 heteroatoms. The van der Waals surface area contributed by atoms with Crippen molar-refractivity contribution < 1.29 is 4.79 Å². The normalized spacial score (nSPS) is 10.2. The van der Waals surface area contributed by atoms with Gasteiger partial charge in [0.05, 0.1) is 0 Å². The Hall–Kier alpha value is -1.67. The number of carbonyl (C=O) groups excluding carboxylic acids is 1. The lowest BCUT2D eigenvalue weighted by atomic mass is 10.0. The van der Waals surface area contributed by atoms with Crippen LogP contribution in [0.15, 0.2) is 42.5 Å². The molecule has 1 heterocycles. The smallest absolute Gasteiger partial charge is 0.193 e. The van der Waals surface area contributed by atoms with E-state index in [-0.39, 0.29) is 5.78 Å². The summed E-state index contributed by atoms with van der Waals surface area (Å²) in [7, 11) is 0. The van der Waals surface area contributed by atoms with Crippen LogP contribution in [0.25, 0.3) is 0 Å². The number of carbonyl (C=O) groups is 1. The Morgan fingerprint density at radius 3 is 2.53 bits per heavy atom. The predicted octanol–water partition coefficient (Wildman–Crippen LogP) is 3.53. The Kier molecular flexibility index (Phi) is 3.55. The summed E-state index contributed by atoms with van der Waals surface area (Å²) in [6.45, 7) is 1.98. The van der Waals surface area contributed by atoms with Crippen molar-refractivity contribution in [1.29, 1.82) is 0 Å². The van der Waals surface area contributed by atoms with Crippen molar-refractivity contribution >= 4 is 17.4 Å². The molecular weight excluding hydrogens is 234 g/mol. The zero-order valence-electron chi connectivity index (χ0n) is 9.48. The number of aryl methyl sites for hydroxylation is 1. The van der Waals surface area contributed by atoms with Crippen LogP contribution >= 0.6 is 11.6 Å². The number of rotatable bonds is 3. The Morgan fingerprint density at radius 2 is 1.88 bits per heavy atom. The maximum absolute atomic E-state index is 12.2. The van der Waals surface area contributed by atoms with E-state index in [1.807, 2.05) is 25.1 Å². The molecule has 0 aliphatic heterocycles. The van der Waals surface area contributed by atoms with Gasteiger partial charge in [-0.1, -0.05) is 48.9 Å². The highest BCUT2D eigenvalue weighted by atomic mass is 35.5. The second-order valence-corrected chi connectivity index (χ2v) is 4.11. The fraction of sp³-hybridized carbons (Fsp3) is 0.143. The molecule has 86 valence electrons. The van der Waals surface area contributed by atoms with E-state index in [0.29, 0.717) is 16.3 Å². The minimum atomic E-state index is -0.0235. The van der Waals surface area contributed by atoms with E-state index in [4.69, 9.17) is 11.6 Å². The van der Waals surface area contributed by atoms with Gasteiger partial charge >= 0.3 is 0 Å². The molecule has 0 saturated carbocycles. The Morgan fingerprint density at radius 1 is 1.18 bits per heavy atom. The summed E-state index contributed by atoms with van der Waals surface area (Å²) in [5.41, 5.74) is 2.08. The van der Waals surface area contributed by atoms with Crippen molar-refractivity contribution in [1.82, 2.24) is 4.98 Å². The summed E-state index contributed by atoms with van der Waals surface area (Å²) in [6, 6.07) is 12.6. The van der Waals surface area contributed by atoms with Crippen molar-refractivity contribution in [2.24, 2.45) is 0 Å².